The predicted octanol–water partition coefficient (Wildman–Crippen LogP) is 1.20. The highest BCUT2D eigenvalue weighted by Gasteiger charge is 1.99. The number of hydrogen-bond donors (Lipinski definition) is 2. The number of rotatable bonds is 3. The van der Waals surface area contributed by atoms with Crippen LogP contribution >= 0.6 is 0 Å². The van der Waals surface area contributed by atoms with Crippen molar-refractivity contribution in [3.8, 4) is 11.5 Å². The van der Waals surface area contributed by atoms with E-state index in [4.69, 9.17) is 0 Å². The van der Waals surface area contributed by atoms with Crippen LogP contribution in [-0.2, 0) is 6.42 Å². The second-order valence-corrected chi connectivity index (χ2v) is 3.41. The van der Waals surface area contributed by atoms with Crippen molar-refractivity contribution in [1.29, 1.82) is 0 Å². The standard InChI is InChI=1S/C10H15NO2/c1-11(2)4-3-8-5-9(12)7-10(13)6-8/h5-7,12-13H,3-4H2,1-2H3. The van der Waals surface area contributed by atoms with E-state index in [1.807, 2.05) is 14.1 Å². The number of nitrogens with zero attached hydrogens (tertiary/aromatic N) is 1. The number of likely N-dealkylation sites (N-methyl/N-ethyl adjacent to an activating group) is 1. The van der Waals surface area contributed by atoms with Gasteiger partial charge < -0.3 is 15.1 Å². The molecule has 0 spiro atoms. The molecule has 0 aromatic heterocycles. The van der Waals surface area contributed by atoms with Crippen LogP contribution in [0.2, 0.25) is 0 Å². The molecule has 3 heteroatoms. The topological polar surface area (TPSA) is 43.7 Å². The molecule has 0 unspecified atom stereocenters. The van der Waals surface area contributed by atoms with Crippen LogP contribution in [0.1, 0.15) is 5.56 Å². The van der Waals surface area contributed by atoms with Gasteiger partial charge in [0.05, 0.1) is 0 Å². The lowest BCUT2D eigenvalue weighted by Crippen LogP contribution is -2.14. The number of hydrogen-bond acceptors (Lipinski definition) is 3. The van der Waals surface area contributed by atoms with E-state index in [1.165, 1.54) is 6.07 Å². The maximum absolute atomic E-state index is 9.19. The van der Waals surface area contributed by atoms with E-state index in [-0.39, 0.29) is 11.5 Å². The molecule has 0 fully saturated rings. The van der Waals surface area contributed by atoms with Crippen molar-refractivity contribution in [3.63, 3.8) is 0 Å². The Balaban J connectivity index is 2.66. The van der Waals surface area contributed by atoms with Crippen molar-refractivity contribution in [2.24, 2.45) is 0 Å². The molecule has 0 saturated carbocycles. The normalized spacial score (nSPS) is 10.7. The van der Waals surface area contributed by atoms with Crippen LogP contribution < -0.4 is 0 Å². The molecule has 13 heavy (non-hydrogen) atoms. The van der Waals surface area contributed by atoms with Crippen molar-refractivity contribution in [1.82, 2.24) is 4.90 Å². The first-order chi connectivity index (χ1) is 6.08. The van der Waals surface area contributed by atoms with Crippen molar-refractivity contribution in [3.05, 3.63) is 23.8 Å². The van der Waals surface area contributed by atoms with Crippen LogP contribution in [0.15, 0.2) is 18.2 Å². The Morgan fingerprint density at radius 1 is 1.08 bits per heavy atom. The molecule has 0 aliphatic carbocycles. The smallest absolute Gasteiger partial charge is 0.119 e. The third-order valence-corrected chi connectivity index (χ3v) is 1.81. The van der Waals surface area contributed by atoms with Crippen LogP contribution in [0.5, 0.6) is 11.5 Å². The predicted molar refractivity (Wildman–Crippen MR) is 52.0 cm³/mol. The summed E-state index contributed by atoms with van der Waals surface area (Å²) in [5.41, 5.74) is 0.950. The second-order valence-electron chi connectivity index (χ2n) is 3.41. The first-order valence-corrected chi connectivity index (χ1v) is 4.24. The molecular weight excluding hydrogens is 166 g/mol. The fourth-order valence-corrected chi connectivity index (χ4v) is 1.15. The van der Waals surface area contributed by atoms with Crippen molar-refractivity contribution < 1.29 is 10.2 Å². The summed E-state index contributed by atoms with van der Waals surface area (Å²) in [5, 5.41) is 18.4. The van der Waals surface area contributed by atoms with Gasteiger partial charge in [-0.15, -0.1) is 0 Å². The Morgan fingerprint density at radius 3 is 2.08 bits per heavy atom. The lowest BCUT2D eigenvalue weighted by atomic mass is 10.1. The number of phenolic OH excluding ortho intramolecular Hbond substituents is 2. The first-order valence-electron chi connectivity index (χ1n) is 4.24. The van der Waals surface area contributed by atoms with Crippen LogP contribution in [0.3, 0.4) is 0 Å². The van der Waals surface area contributed by atoms with E-state index in [0.29, 0.717) is 0 Å². The monoisotopic (exact) mass is 181 g/mol. The Bertz CT molecular complexity index is 264. The van der Waals surface area contributed by atoms with Gasteiger partial charge in [0.1, 0.15) is 11.5 Å². The molecule has 1 aromatic rings. The Labute approximate surface area is 78.2 Å². The van der Waals surface area contributed by atoms with Gasteiger partial charge in [-0.3, -0.25) is 0 Å². The van der Waals surface area contributed by atoms with E-state index in [2.05, 4.69) is 4.90 Å². The highest BCUT2D eigenvalue weighted by molar-refractivity contribution is 5.36. The van der Waals surface area contributed by atoms with Crippen LogP contribution in [0.25, 0.3) is 0 Å². The number of aromatic hydroxyl groups is 2. The van der Waals surface area contributed by atoms with E-state index in [9.17, 15) is 10.2 Å². The van der Waals surface area contributed by atoms with Gasteiger partial charge in [0, 0.05) is 12.6 Å². The molecule has 1 rings (SSSR count). The molecule has 1 aromatic carbocycles. The average molecular weight is 181 g/mol. The van der Waals surface area contributed by atoms with Crippen LogP contribution in [0, 0.1) is 0 Å². The Kier molecular flexibility index (Phi) is 3.14. The quantitative estimate of drug-likeness (QED) is 0.736. The fourth-order valence-electron chi connectivity index (χ4n) is 1.15. The van der Waals surface area contributed by atoms with E-state index in [0.717, 1.165) is 18.5 Å². The van der Waals surface area contributed by atoms with Gasteiger partial charge in [-0.2, -0.15) is 0 Å². The zero-order valence-electron chi connectivity index (χ0n) is 7.99. The minimum Gasteiger partial charge on any atom is -0.508 e. The summed E-state index contributed by atoms with van der Waals surface area (Å²) in [6, 6.07) is 4.67. The molecule has 0 aliphatic rings. The summed E-state index contributed by atoms with van der Waals surface area (Å²) in [6.45, 7) is 0.906. The molecule has 2 N–H and O–H groups in total. The van der Waals surface area contributed by atoms with E-state index < -0.39 is 0 Å². The van der Waals surface area contributed by atoms with Crippen LogP contribution in [0.4, 0.5) is 0 Å². The fraction of sp³-hybridized carbons (Fsp3) is 0.400. The summed E-state index contributed by atoms with van der Waals surface area (Å²) < 4.78 is 0. The van der Waals surface area contributed by atoms with Crippen molar-refractivity contribution >= 4 is 0 Å². The molecule has 72 valence electrons. The molecule has 0 heterocycles. The molecule has 0 bridgehead atoms. The van der Waals surface area contributed by atoms with E-state index >= 15 is 0 Å². The van der Waals surface area contributed by atoms with Gasteiger partial charge in [-0.05, 0) is 38.2 Å². The lowest BCUT2D eigenvalue weighted by Gasteiger charge is -2.09. The summed E-state index contributed by atoms with van der Waals surface area (Å²) >= 11 is 0. The maximum Gasteiger partial charge on any atom is 0.119 e. The maximum atomic E-state index is 9.19. The van der Waals surface area contributed by atoms with E-state index in [1.54, 1.807) is 12.1 Å². The second kappa shape index (κ2) is 4.14. The molecular formula is C10H15NO2. The third kappa shape index (κ3) is 3.34. The first kappa shape index (κ1) is 9.86. The lowest BCUT2D eigenvalue weighted by molar-refractivity contribution is 0.411. The minimum atomic E-state index is 0.119. The molecule has 0 saturated heterocycles. The highest BCUT2D eigenvalue weighted by Crippen LogP contribution is 2.20. The minimum absolute atomic E-state index is 0.119. The summed E-state index contributed by atoms with van der Waals surface area (Å²) in [7, 11) is 3.98. The molecule has 3 nitrogen and oxygen atoms in total. The highest BCUT2D eigenvalue weighted by atomic mass is 16.3. The van der Waals surface area contributed by atoms with Gasteiger partial charge in [-0.25, -0.2) is 0 Å². The number of phenols is 2. The van der Waals surface area contributed by atoms with Crippen LogP contribution in [-0.4, -0.2) is 35.8 Å². The van der Waals surface area contributed by atoms with Gasteiger partial charge in [0.2, 0.25) is 0 Å². The molecule has 0 aliphatic heterocycles. The summed E-state index contributed by atoms with van der Waals surface area (Å²) in [5.74, 6) is 0.238. The van der Waals surface area contributed by atoms with Gasteiger partial charge in [-0.1, -0.05) is 0 Å². The Hall–Kier alpha value is -1.22. The molecule has 0 amide bonds. The third-order valence-electron chi connectivity index (χ3n) is 1.81. The van der Waals surface area contributed by atoms with Crippen molar-refractivity contribution in [2.75, 3.05) is 20.6 Å². The summed E-state index contributed by atoms with van der Waals surface area (Å²) in [6.07, 6.45) is 0.828. The Morgan fingerprint density at radius 2 is 1.62 bits per heavy atom. The van der Waals surface area contributed by atoms with Gasteiger partial charge >= 0.3 is 0 Å². The molecule has 0 radical (unpaired) electrons. The van der Waals surface area contributed by atoms with Gasteiger partial charge in [0.15, 0.2) is 0 Å². The van der Waals surface area contributed by atoms with Crippen molar-refractivity contribution in [2.45, 2.75) is 6.42 Å². The zero-order valence-corrected chi connectivity index (χ0v) is 7.99. The SMILES string of the molecule is CN(C)CCc1cc(O)cc(O)c1. The zero-order chi connectivity index (χ0) is 9.84. The largest absolute Gasteiger partial charge is 0.508 e. The number of benzene rings is 1. The summed E-state index contributed by atoms with van der Waals surface area (Å²) in [4.78, 5) is 2.06. The average Bonchev–Trinajstić information content (AvgIpc) is 1.99. The molecule has 0 atom stereocenters. The van der Waals surface area contributed by atoms with Gasteiger partial charge in [0.25, 0.3) is 0 Å².